The molecule has 1 fully saturated rings. The maximum atomic E-state index is 9.70. The van der Waals surface area contributed by atoms with Crippen LogP contribution in [0.3, 0.4) is 0 Å². The Labute approximate surface area is 226 Å². The number of aliphatic hydroxyl groups is 1. The standard InChI is InChI=1S/C32H39BrN2O/c1-25(2)34-20-22-35(23-21-34)30-12-7-6-11-27(16-19-30)32(28-14-17-29(33)18-15-28)31(13-8-24-36)26-9-4-3-5-10-26/h4,9-11,14-19,25,30,36H,3,5-6,8,13,20-24H2,1-2H3/b19-16-,27-11+,32-31+. The number of aliphatic hydroxyl groups excluding tert-OH is 1. The van der Waals surface area contributed by atoms with E-state index in [0.29, 0.717) is 6.04 Å². The Bertz CT molecular complexity index is 1100. The largest absolute Gasteiger partial charge is 0.396 e. The van der Waals surface area contributed by atoms with E-state index in [9.17, 15) is 5.11 Å². The Balaban J connectivity index is 1.71. The van der Waals surface area contributed by atoms with Gasteiger partial charge in [0.2, 0.25) is 0 Å². The first-order valence-corrected chi connectivity index (χ1v) is 14.2. The number of allylic oxidation sites excluding steroid dienone is 9. The third-order valence-corrected chi connectivity index (χ3v) is 7.78. The normalized spacial score (nSPS) is 24.1. The van der Waals surface area contributed by atoms with Crippen LogP contribution in [0.2, 0.25) is 0 Å². The summed E-state index contributed by atoms with van der Waals surface area (Å²) < 4.78 is 1.08. The van der Waals surface area contributed by atoms with Crippen molar-refractivity contribution in [3.63, 3.8) is 0 Å². The van der Waals surface area contributed by atoms with Gasteiger partial charge < -0.3 is 5.11 Å². The van der Waals surface area contributed by atoms with Crippen molar-refractivity contribution in [3.05, 3.63) is 87.5 Å². The van der Waals surface area contributed by atoms with Gasteiger partial charge in [-0.05, 0) is 79.5 Å². The second kappa shape index (κ2) is 13.4. The predicted octanol–water partition coefficient (Wildman–Crippen LogP) is 6.54. The molecule has 0 spiro atoms. The first-order valence-electron chi connectivity index (χ1n) is 13.4. The van der Waals surface area contributed by atoms with Crippen LogP contribution in [0.1, 0.15) is 51.5 Å². The van der Waals surface area contributed by atoms with Gasteiger partial charge in [0.05, 0.1) is 6.04 Å². The number of hydrogen-bond acceptors (Lipinski definition) is 3. The van der Waals surface area contributed by atoms with E-state index in [2.05, 4.69) is 112 Å². The molecule has 190 valence electrons. The summed E-state index contributed by atoms with van der Waals surface area (Å²) in [6.45, 7) is 9.06. The van der Waals surface area contributed by atoms with Gasteiger partial charge in [-0.3, -0.25) is 9.80 Å². The van der Waals surface area contributed by atoms with Gasteiger partial charge in [-0.15, -0.1) is 0 Å². The molecular formula is C32H39BrN2O. The lowest BCUT2D eigenvalue weighted by Gasteiger charge is -2.38. The molecule has 4 heteroatoms. The number of nitrogens with zero attached hydrogens (tertiary/aromatic N) is 2. The summed E-state index contributed by atoms with van der Waals surface area (Å²) in [5.41, 5.74) is 6.30. The van der Waals surface area contributed by atoms with Gasteiger partial charge in [0.15, 0.2) is 0 Å². The first kappa shape index (κ1) is 26.9. The molecule has 2 aliphatic carbocycles. The minimum absolute atomic E-state index is 0.142. The van der Waals surface area contributed by atoms with Crippen molar-refractivity contribution in [1.29, 1.82) is 0 Å². The zero-order valence-electron chi connectivity index (χ0n) is 21.7. The molecule has 3 aliphatic rings. The van der Waals surface area contributed by atoms with Crippen LogP contribution in [0.25, 0.3) is 5.57 Å². The maximum Gasteiger partial charge on any atom is 0.0904 e. The average Bonchev–Trinajstić information content (AvgIpc) is 2.89. The fourth-order valence-electron chi connectivity index (χ4n) is 5.20. The van der Waals surface area contributed by atoms with Crippen LogP contribution < -0.4 is 0 Å². The molecule has 0 bridgehead atoms. The lowest BCUT2D eigenvalue weighted by atomic mass is 9.84. The van der Waals surface area contributed by atoms with Crippen LogP contribution in [0.4, 0.5) is 0 Å². The van der Waals surface area contributed by atoms with Gasteiger partial charge in [-0.1, -0.05) is 76.4 Å². The van der Waals surface area contributed by atoms with Crippen LogP contribution in [0.15, 0.2) is 81.9 Å². The van der Waals surface area contributed by atoms with Crippen molar-refractivity contribution in [1.82, 2.24) is 9.80 Å². The van der Waals surface area contributed by atoms with Gasteiger partial charge in [-0.25, -0.2) is 0 Å². The molecule has 0 radical (unpaired) electrons. The molecule has 1 saturated heterocycles. The zero-order valence-corrected chi connectivity index (χ0v) is 23.3. The van der Waals surface area contributed by atoms with E-state index in [-0.39, 0.29) is 12.6 Å². The van der Waals surface area contributed by atoms with Crippen LogP contribution in [-0.4, -0.2) is 59.8 Å². The van der Waals surface area contributed by atoms with E-state index < -0.39 is 0 Å². The highest BCUT2D eigenvalue weighted by atomic mass is 79.9. The fraction of sp³-hybridized carbons (Fsp3) is 0.438. The van der Waals surface area contributed by atoms with E-state index in [1.54, 1.807) is 0 Å². The SMILES string of the molecule is CC(C)N1CCN(C2C#CC/C=C(/C(=C(/CCCO)C3=CCCC=C3)c3ccc(Br)cc3)\C=C/2)CC1. The third-order valence-electron chi connectivity index (χ3n) is 7.26. The number of rotatable bonds is 8. The van der Waals surface area contributed by atoms with Gasteiger partial charge >= 0.3 is 0 Å². The van der Waals surface area contributed by atoms with E-state index in [0.717, 1.165) is 62.8 Å². The minimum Gasteiger partial charge on any atom is -0.396 e. The second-order valence-electron chi connectivity index (χ2n) is 9.98. The first-order chi connectivity index (χ1) is 17.6. The Morgan fingerprint density at radius 2 is 1.81 bits per heavy atom. The number of hydrogen-bond donors (Lipinski definition) is 1. The Hall–Kier alpha value is -2.16. The summed E-state index contributed by atoms with van der Waals surface area (Å²) in [5, 5.41) is 9.70. The topological polar surface area (TPSA) is 26.7 Å². The molecule has 1 atom stereocenters. The third kappa shape index (κ3) is 6.99. The summed E-state index contributed by atoms with van der Waals surface area (Å²) in [4.78, 5) is 5.07. The van der Waals surface area contributed by atoms with Crippen molar-refractivity contribution >= 4 is 21.5 Å². The van der Waals surface area contributed by atoms with Gasteiger partial charge in [-0.2, -0.15) is 0 Å². The zero-order chi connectivity index (χ0) is 25.3. The average molecular weight is 548 g/mol. The highest BCUT2D eigenvalue weighted by Crippen LogP contribution is 2.36. The number of halogens is 1. The quantitative estimate of drug-likeness (QED) is 0.375. The van der Waals surface area contributed by atoms with Gasteiger partial charge in [0, 0.05) is 49.7 Å². The van der Waals surface area contributed by atoms with Gasteiger partial charge in [0.25, 0.3) is 0 Å². The summed E-state index contributed by atoms with van der Waals surface area (Å²) in [6.07, 6.45) is 18.3. The summed E-state index contributed by atoms with van der Waals surface area (Å²) in [6, 6.07) is 9.38. The lowest BCUT2D eigenvalue weighted by molar-refractivity contribution is 0.104. The van der Waals surface area contributed by atoms with E-state index >= 15 is 0 Å². The Kier molecular flexibility index (Phi) is 10.0. The number of benzene rings is 1. The minimum atomic E-state index is 0.142. The molecule has 4 rings (SSSR count). The summed E-state index contributed by atoms with van der Waals surface area (Å²) >= 11 is 3.61. The van der Waals surface area contributed by atoms with Crippen molar-refractivity contribution in [3.8, 4) is 11.8 Å². The van der Waals surface area contributed by atoms with E-state index in [1.807, 2.05) is 0 Å². The predicted molar refractivity (Wildman–Crippen MR) is 156 cm³/mol. The Morgan fingerprint density at radius 3 is 2.47 bits per heavy atom. The maximum absolute atomic E-state index is 9.70. The smallest absolute Gasteiger partial charge is 0.0904 e. The number of piperazine rings is 1. The molecular weight excluding hydrogens is 508 g/mol. The summed E-state index contributed by atoms with van der Waals surface area (Å²) in [5.74, 6) is 6.96. The molecule has 36 heavy (non-hydrogen) atoms. The molecule has 1 aromatic carbocycles. The highest BCUT2D eigenvalue weighted by Gasteiger charge is 2.23. The second-order valence-corrected chi connectivity index (χ2v) is 10.9. The molecule has 1 aromatic rings. The molecule has 0 saturated carbocycles. The van der Waals surface area contributed by atoms with Crippen molar-refractivity contribution in [2.75, 3.05) is 32.8 Å². The van der Waals surface area contributed by atoms with Crippen LogP contribution in [0.5, 0.6) is 0 Å². The highest BCUT2D eigenvalue weighted by molar-refractivity contribution is 9.10. The molecule has 0 amide bonds. The Morgan fingerprint density at radius 1 is 1.03 bits per heavy atom. The van der Waals surface area contributed by atoms with E-state index in [1.165, 1.54) is 27.9 Å². The molecule has 1 heterocycles. The van der Waals surface area contributed by atoms with Crippen molar-refractivity contribution in [2.45, 2.75) is 58.0 Å². The molecule has 1 N–H and O–H groups in total. The molecule has 0 aromatic heterocycles. The fourth-order valence-corrected chi connectivity index (χ4v) is 5.47. The lowest BCUT2D eigenvalue weighted by Crippen LogP contribution is -2.51. The van der Waals surface area contributed by atoms with E-state index in [4.69, 9.17) is 0 Å². The van der Waals surface area contributed by atoms with Crippen LogP contribution in [0, 0.1) is 11.8 Å². The van der Waals surface area contributed by atoms with Gasteiger partial charge in [0.1, 0.15) is 0 Å². The van der Waals surface area contributed by atoms with Crippen molar-refractivity contribution in [2.24, 2.45) is 0 Å². The molecule has 1 unspecified atom stereocenters. The monoisotopic (exact) mass is 546 g/mol. The van der Waals surface area contributed by atoms with Crippen molar-refractivity contribution < 1.29 is 5.11 Å². The van der Waals surface area contributed by atoms with Crippen LogP contribution >= 0.6 is 15.9 Å². The summed E-state index contributed by atoms with van der Waals surface area (Å²) in [7, 11) is 0. The van der Waals surface area contributed by atoms with Crippen LogP contribution in [-0.2, 0) is 0 Å². The molecule has 1 aliphatic heterocycles. The molecule has 3 nitrogen and oxygen atoms in total.